The molecule has 0 radical (unpaired) electrons. The van der Waals surface area contributed by atoms with E-state index in [1.165, 1.54) is 12.7 Å². The summed E-state index contributed by atoms with van der Waals surface area (Å²) in [6.45, 7) is -0.168. The molecule has 17 heavy (non-hydrogen) atoms. The van der Waals surface area contributed by atoms with E-state index < -0.39 is 5.78 Å². The monoisotopic (exact) mass is 229 g/mol. The number of hydrogen-bond donors (Lipinski definition) is 1. The molecule has 0 saturated heterocycles. The third-order valence-electron chi connectivity index (χ3n) is 2.13. The smallest absolute Gasteiger partial charge is 0.442 e. The van der Waals surface area contributed by atoms with Crippen molar-refractivity contribution in [1.29, 1.82) is 0 Å². The lowest BCUT2D eigenvalue weighted by molar-refractivity contribution is 0.0963. The van der Waals surface area contributed by atoms with E-state index in [4.69, 9.17) is 4.42 Å². The molecular formula is C12H9N2O3+. The average molecular weight is 229 g/mol. The maximum absolute atomic E-state index is 11.5. The van der Waals surface area contributed by atoms with Gasteiger partial charge in [0, 0.05) is 5.56 Å². The van der Waals surface area contributed by atoms with Crippen molar-refractivity contribution in [1.82, 2.24) is 10.3 Å². The second-order valence-corrected chi connectivity index (χ2v) is 3.28. The molecule has 2 aromatic rings. The van der Waals surface area contributed by atoms with E-state index in [9.17, 15) is 9.59 Å². The van der Waals surface area contributed by atoms with Gasteiger partial charge in [-0.1, -0.05) is 30.3 Å². The minimum Gasteiger partial charge on any atom is -0.442 e. The molecule has 0 bridgehead atoms. The number of hydrogen-bond acceptors (Lipinski definition) is 4. The van der Waals surface area contributed by atoms with Gasteiger partial charge in [-0.3, -0.25) is 4.79 Å². The van der Waals surface area contributed by atoms with Crippen LogP contribution in [0.1, 0.15) is 10.7 Å². The molecule has 0 atom stereocenters. The van der Waals surface area contributed by atoms with Crippen molar-refractivity contribution >= 4 is 12.2 Å². The molecule has 0 saturated carbocycles. The van der Waals surface area contributed by atoms with Crippen LogP contribution in [0.15, 0.2) is 41.0 Å². The maximum atomic E-state index is 11.5. The summed E-state index contributed by atoms with van der Waals surface area (Å²) < 4.78 is 5.05. The fraction of sp³-hybridized carbons (Fsp3) is 0.0833. The number of ketones is 1. The van der Waals surface area contributed by atoms with Gasteiger partial charge in [-0.2, -0.15) is 0 Å². The topological polar surface area (TPSA) is 72.2 Å². The quantitative estimate of drug-likeness (QED) is 0.474. The Morgan fingerprint density at radius 2 is 2.12 bits per heavy atom. The number of rotatable bonds is 5. The van der Waals surface area contributed by atoms with Gasteiger partial charge >= 0.3 is 6.41 Å². The van der Waals surface area contributed by atoms with Crippen molar-refractivity contribution in [2.24, 2.45) is 0 Å². The largest absolute Gasteiger partial charge is 0.665 e. The number of Topliss-reactive ketones (excluding diaryl/α,β-unsaturated/α-hetero) is 1. The molecule has 1 heterocycles. The first-order chi connectivity index (χ1) is 8.31. The Morgan fingerprint density at radius 3 is 2.82 bits per heavy atom. The highest BCUT2D eigenvalue weighted by Crippen LogP contribution is 2.17. The Hall–Kier alpha value is -2.52. The SMILES string of the molecule is O=[C+]NCC(=O)c1nc(-c2ccccc2)co1. The molecule has 5 heteroatoms. The van der Waals surface area contributed by atoms with Gasteiger partial charge in [-0.25, -0.2) is 4.98 Å². The number of carbonyl (C=O) groups excluding carboxylic acids is 2. The number of carbonyl (C=O) groups is 1. The van der Waals surface area contributed by atoms with Crippen molar-refractivity contribution in [3.8, 4) is 11.3 Å². The van der Waals surface area contributed by atoms with Crippen molar-refractivity contribution in [2.45, 2.75) is 0 Å². The molecule has 0 aliphatic carbocycles. The molecule has 0 aliphatic heterocycles. The zero-order valence-electron chi connectivity index (χ0n) is 8.84. The highest BCUT2D eigenvalue weighted by atomic mass is 16.3. The molecule has 0 fully saturated rings. The Bertz CT molecular complexity index is 520. The standard InChI is InChI=1S/C12H9N2O3/c15-8-13-6-11(16)12-14-10(7-17-12)9-4-2-1-3-5-9/h1-5,7H,6H2,(H,13,15)/q+1. The lowest BCUT2D eigenvalue weighted by atomic mass is 10.2. The molecule has 1 aromatic heterocycles. The summed E-state index contributed by atoms with van der Waals surface area (Å²) in [5, 5.41) is 2.14. The maximum Gasteiger partial charge on any atom is 0.665 e. The fourth-order valence-corrected chi connectivity index (χ4v) is 1.34. The van der Waals surface area contributed by atoms with Gasteiger partial charge in [0.2, 0.25) is 5.78 Å². The molecule has 2 rings (SSSR count). The zero-order chi connectivity index (χ0) is 12.1. The van der Waals surface area contributed by atoms with E-state index in [2.05, 4.69) is 10.3 Å². The Labute approximate surface area is 97.5 Å². The van der Waals surface area contributed by atoms with Crippen molar-refractivity contribution in [2.75, 3.05) is 6.54 Å². The molecule has 1 N–H and O–H groups in total. The third-order valence-corrected chi connectivity index (χ3v) is 2.13. The van der Waals surface area contributed by atoms with Crippen LogP contribution < -0.4 is 5.32 Å². The van der Waals surface area contributed by atoms with Gasteiger partial charge in [-0.15, -0.1) is 5.32 Å². The summed E-state index contributed by atoms with van der Waals surface area (Å²) in [6.07, 6.45) is 2.83. The van der Waals surface area contributed by atoms with Gasteiger partial charge < -0.3 is 4.42 Å². The predicted octanol–water partition coefficient (Wildman–Crippen LogP) is 1.18. The van der Waals surface area contributed by atoms with Crippen LogP contribution in [-0.2, 0) is 4.79 Å². The van der Waals surface area contributed by atoms with Crippen LogP contribution in [-0.4, -0.2) is 23.7 Å². The molecule has 1 aromatic carbocycles. The molecule has 0 unspecified atom stereocenters. The van der Waals surface area contributed by atoms with Crippen molar-refractivity contribution in [3.05, 3.63) is 42.5 Å². The first-order valence-electron chi connectivity index (χ1n) is 4.95. The summed E-state index contributed by atoms with van der Waals surface area (Å²) in [4.78, 5) is 25.4. The van der Waals surface area contributed by atoms with Crippen LogP contribution in [0, 0.1) is 0 Å². The van der Waals surface area contributed by atoms with E-state index in [1.54, 1.807) is 0 Å². The highest BCUT2D eigenvalue weighted by Gasteiger charge is 2.15. The summed E-state index contributed by atoms with van der Waals surface area (Å²) in [6, 6.07) is 9.36. The minimum absolute atomic E-state index is 0.0217. The minimum atomic E-state index is -0.393. The van der Waals surface area contributed by atoms with E-state index in [0.29, 0.717) is 5.69 Å². The summed E-state index contributed by atoms with van der Waals surface area (Å²) in [7, 11) is 0. The highest BCUT2D eigenvalue weighted by molar-refractivity contribution is 5.94. The van der Waals surface area contributed by atoms with Crippen molar-refractivity contribution < 1.29 is 14.0 Å². The van der Waals surface area contributed by atoms with E-state index in [0.717, 1.165) is 5.56 Å². The molecule has 1 amide bonds. The second-order valence-electron chi connectivity index (χ2n) is 3.28. The van der Waals surface area contributed by atoms with Crippen LogP contribution in [0.4, 0.5) is 0 Å². The first-order valence-corrected chi connectivity index (χ1v) is 4.95. The molecular weight excluding hydrogens is 220 g/mol. The summed E-state index contributed by atoms with van der Waals surface area (Å²) in [5.41, 5.74) is 1.45. The number of aromatic nitrogens is 1. The second kappa shape index (κ2) is 5.01. The van der Waals surface area contributed by atoms with E-state index in [-0.39, 0.29) is 12.4 Å². The number of benzene rings is 1. The van der Waals surface area contributed by atoms with Crippen LogP contribution >= 0.6 is 0 Å². The van der Waals surface area contributed by atoms with E-state index >= 15 is 0 Å². The number of nitrogens with zero attached hydrogens (tertiary/aromatic N) is 1. The van der Waals surface area contributed by atoms with Gasteiger partial charge in [0.15, 0.2) is 0 Å². The third kappa shape index (κ3) is 2.53. The van der Waals surface area contributed by atoms with Crippen LogP contribution in [0.5, 0.6) is 0 Å². The Kier molecular flexibility index (Phi) is 3.23. The molecule has 84 valence electrons. The molecule has 5 nitrogen and oxygen atoms in total. The van der Waals surface area contributed by atoms with Crippen LogP contribution in [0.25, 0.3) is 11.3 Å². The first kappa shape index (κ1) is 11.0. The molecule has 0 aliphatic rings. The van der Waals surface area contributed by atoms with Gasteiger partial charge in [0.1, 0.15) is 18.5 Å². The fourth-order valence-electron chi connectivity index (χ4n) is 1.34. The summed E-state index contributed by atoms with van der Waals surface area (Å²) in [5.74, 6) is -0.415. The Morgan fingerprint density at radius 1 is 1.35 bits per heavy atom. The van der Waals surface area contributed by atoms with Crippen molar-refractivity contribution in [3.63, 3.8) is 0 Å². The van der Waals surface area contributed by atoms with Gasteiger partial charge in [-0.05, 0) is 0 Å². The lowest BCUT2D eigenvalue weighted by Crippen LogP contribution is -2.21. The van der Waals surface area contributed by atoms with Gasteiger partial charge in [0.25, 0.3) is 5.89 Å². The number of nitrogens with one attached hydrogen (secondary N) is 1. The average Bonchev–Trinajstić information content (AvgIpc) is 2.86. The predicted molar refractivity (Wildman–Crippen MR) is 60.0 cm³/mol. The number of oxazole rings is 1. The van der Waals surface area contributed by atoms with E-state index in [1.807, 2.05) is 30.3 Å². The number of amides is 1. The normalized spacial score (nSPS) is 9.65. The zero-order valence-corrected chi connectivity index (χ0v) is 8.84. The van der Waals surface area contributed by atoms with Crippen LogP contribution in [0.2, 0.25) is 0 Å². The lowest BCUT2D eigenvalue weighted by Gasteiger charge is -1.92. The van der Waals surface area contributed by atoms with Gasteiger partial charge in [0.05, 0.1) is 4.79 Å². The molecule has 0 spiro atoms. The summed E-state index contributed by atoms with van der Waals surface area (Å²) >= 11 is 0. The van der Waals surface area contributed by atoms with Crippen LogP contribution in [0.3, 0.4) is 0 Å². The Balaban J connectivity index is 2.16.